The molecule has 0 saturated carbocycles. The number of nitrogens with one attached hydrogen (secondary N) is 1. The molecule has 2 aromatic rings. The lowest BCUT2D eigenvalue weighted by atomic mass is 10.3. The van der Waals surface area contributed by atoms with E-state index in [0.717, 1.165) is 5.39 Å². The molecule has 0 aliphatic heterocycles. The van der Waals surface area contributed by atoms with Gasteiger partial charge < -0.3 is 4.98 Å². The summed E-state index contributed by atoms with van der Waals surface area (Å²) in [5.74, 6) is 0. The van der Waals surface area contributed by atoms with Crippen LogP contribution in [0.3, 0.4) is 0 Å². The highest BCUT2D eigenvalue weighted by Gasteiger charge is 1.94. The predicted molar refractivity (Wildman–Crippen MR) is 47.4 cm³/mol. The molecular weight excluding hydrogens is 176 g/mol. The molecule has 0 atom stereocenters. The summed E-state index contributed by atoms with van der Waals surface area (Å²) in [6, 6.07) is 4.87. The molecule has 0 bridgehead atoms. The number of halogens is 1. The van der Waals surface area contributed by atoms with Gasteiger partial charge in [-0.15, -0.1) is 0 Å². The Hall–Kier alpha value is -1.35. The van der Waals surface area contributed by atoms with Gasteiger partial charge in [-0.2, -0.15) is 0 Å². The number of aromatic amines is 1. The van der Waals surface area contributed by atoms with Gasteiger partial charge in [0.25, 0.3) is 0 Å². The van der Waals surface area contributed by atoms with Gasteiger partial charge in [-0.1, -0.05) is 11.6 Å². The van der Waals surface area contributed by atoms with Crippen LogP contribution in [0.4, 0.5) is 0 Å². The lowest BCUT2D eigenvalue weighted by molar-refractivity contribution is 1.26. The first-order valence-corrected chi connectivity index (χ1v) is 3.78. The second kappa shape index (κ2) is 2.60. The second-order valence-corrected chi connectivity index (χ2v) is 2.80. The number of aromatic nitrogens is 2. The Bertz CT molecular complexity index is 478. The van der Waals surface area contributed by atoms with E-state index in [1.54, 1.807) is 18.3 Å². The van der Waals surface area contributed by atoms with Crippen LogP contribution in [0.2, 0.25) is 5.15 Å². The molecule has 60 valence electrons. The maximum absolute atomic E-state index is 10.9. The Balaban J connectivity index is 2.87. The van der Waals surface area contributed by atoms with Crippen LogP contribution in [0, 0.1) is 0 Å². The molecule has 0 amide bonds. The van der Waals surface area contributed by atoms with Crippen LogP contribution in [0.15, 0.2) is 29.2 Å². The average Bonchev–Trinajstić information content (AvgIpc) is 2.05. The second-order valence-electron chi connectivity index (χ2n) is 2.42. The van der Waals surface area contributed by atoms with Gasteiger partial charge in [-0.25, -0.2) is 4.98 Å². The zero-order valence-electron chi connectivity index (χ0n) is 6.04. The van der Waals surface area contributed by atoms with Crippen LogP contribution in [0.25, 0.3) is 10.9 Å². The minimum absolute atomic E-state index is 0.133. The summed E-state index contributed by atoms with van der Waals surface area (Å²) >= 11 is 5.66. The number of pyridine rings is 2. The maximum Gasteiger partial charge on any atom is 0.248 e. The Kier molecular flexibility index (Phi) is 1.59. The fourth-order valence-corrected chi connectivity index (χ4v) is 1.19. The number of fused-ring (bicyclic) bond motifs is 1. The molecule has 2 heterocycles. The van der Waals surface area contributed by atoms with Gasteiger partial charge >= 0.3 is 0 Å². The minimum atomic E-state index is -0.133. The van der Waals surface area contributed by atoms with Crippen molar-refractivity contribution in [2.75, 3.05) is 0 Å². The van der Waals surface area contributed by atoms with Gasteiger partial charge in [0.1, 0.15) is 5.15 Å². The third-order valence-corrected chi connectivity index (χ3v) is 1.78. The van der Waals surface area contributed by atoms with Gasteiger partial charge in [-0.05, 0) is 12.1 Å². The van der Waals surface area contributed by atoms with E-state index in [0.29, 0.717) is 10.7 Å². The van der Waals surface area contributed by atoms with E-state index in [1.807, 2.05) is 0 Å². The lowest BCUT2D eigenvalue weighted by Gasteiger charge is -1.95. The van der Waals surface area contributed by atoms with Crippen LogP contribution >= 0.6 is 11.6 Å². The zero-order valence-corrected chi connectivity index (χ0v) is 6.80. The van der Waals surface area contributed by atoms with Crippen molar-refractivity contribution in [1.82, 2.24) is 9.97 Å². The first-order valence-electron chi connectivity index (χ1n) is 3.40. The van der Waals surface area contributed by atoms with E-state index in [9.17, 15) is 4.79 Å². The highest BCUT2D eigenvalue weighted by Crippen LogP contribution is 2.12. The summed E-state index contributed by atoms with van der Waals surface area (Å²) in [5, 5.41) is 1.31. The molecule has 0 fully saturated rings. The summed E-state index contributed by atoms with van der Waals surface area (Å²) in [7, 11) is 0. The molecule has 0 radical (unpaired) electrons. The summed E-state index contributed by atoms with van der Waals surface area (Å²) in [4.78, 5) is 17.3. The van der Waals surface area contributed by atoms with Crippen LogP contribution in [0.5, 0.6) is 0 Å². The average molecular weight is 181 g/mol. The fraction of sp³-hybridized carbons (Fsp3) is 0. The highest BCUT2D eigenvalue weighted by molar-refractivity contribution is 6.30. The van der Waals surface area contributed by atoms with Crippen LogP contribution in [-0.4, -0.2) is 9.97 Å². The number of H-pyrrole nitrogens is 1. The lowest BCUT2D eigenvalue weighted by Crippen LogP contribution is -2.02. The number of hydrogen-bond donors (Lipinski definition) is 1. The molecule has 3 nitrogen and oxygen atoms in total. The van der Waals surface area contributed by atoms with E-state index in [1.165, 1.54) is 6.07 Å². The zero-order chi connectivity index (χ0) is 8.55. The third kappa shape index (κ3) is 1.19. The van der Waals surface area contributed by atoms with Crippen molar-refractivity contribution in [1.29, 1.82) is 0 Å². The SMILES string of the molecule is O=c1ccc2cc(Cl)ncc2[nH]1. The molecule has 0 aliphatic rings. The smallest absolute Gasteiger partial charge is 0.248 e. The maximum atomic E-state index is 10.9. The number of nitrogens with zero attached hydrogens (tertiary/aromatic N) is 1. The molecule has 0 aliphatic carbocycles. The van der Waals surface area contributed by atoms with Crippen molar-refractivity contribution in [3.8, 4) is 0 Å². The van der Waals surface area contributed by atoms with Gasteiger partial charge in [0, 0.05) is 11.5 Å². The Morgan fingerprint density at radius 1 is 1.42 bits per heavy atom. The monoisotopic (exact) mass is 180 g/mol. The van der Waals surface area contributed by atoms with E-state index in [4.69, 9.17) is 11.6 Å². The Morgan fingerprint density at radius 2 is 2.25 bits per heavy atom. The molecule has 4 heteroatoms. The summed E-state index contributed by atoms with van der Waals surface area (Å²) < 4.78 is 0. The fourth-order valence-electron chi connectivity index (χ4n) is 1.03. The molecule has 0 aromatic carbocycles. The van der Waals surface area contributed by atoms with Crippen LogP contribution < -0.4 is 5.56 Å². The standard InChI is InChI=1S/C8H5ClN2O/c9-7-3-5-1-2-8(12)11-6(5)4-10-7/h1-4H,(H,11,12). The van der Waals surface area contributed by atoms with Crippen LogP contribution in [0.1, 0.15) is 0 Å². The molecule has 0 spiro atoms. The highest BCUT2D eigenvalue weighted by atomic mass is 35.5. The summed E-state index contributed by atoms with van der Waals surface area (Å²) in [6.07, 6.45) is 1.54. The summed E-state index contributed by atoms with van der Waals surface area (Å²) in [5.41, 5.74) is 0.568. The number of rotatable bonds is 0. The van der Waals surface area contributed by atoms with Crippen molar-refractivity contribution in [3.63, 3.8) is 0 Å². The first-order chi connectivity index (χ1) is 5.75. The molecule has 0 unspecified atom stereocenters. The van der Waals surface area contributed by atoms with Gasteiger partial charge in [0.15, 0.2) is 0 Å². The Labute approximate surface area is 73.0 Å². The topological polar surface area (TPSA) is 45.8 Å². The molecule has 1 N–H and O–H groups in total. The third-order valence-electron chi connectivity index (χ3n) is 1.57. The van der Waals surface area contributed by atoms with E-state index in [2.05, 4.69) is 9.97 Å². The van der Waals surface area contributed by atoms with Crippen LogP contribution in [-0.2, 0) is 0 Å². The minimum Gasteiger partial charge on any atom is -0.321 e. The van der Waals surface area contributed by atoms with E-state index >= 15 is 0 Å². The first kappa shape index (κ1) is 7.31. The normalized spacial score (nSPS) is 10.4. The van der Waals surface area contributed by atoms with E-state index in [-0.39, 0.29) is 5.56 Å². The Morgan fingerprint density at radius 3 is 3.08 bits per heavy atom. The van der Waals surface area contributed by atoms with Crippen molar-refractivity contribution >= 4 is 22.5 Å². The van der Waals surface area contributed by atoms with Gasteiger partial charge in [-0.3, -0.25) is 4.79 Å². The number of hydrogen-bond acceptors (Lipinski definition) is 2. The quantitative estimate of drug-likeness (QED) is 0.626. The van der Waals surface area contributed by atoms with Crippen molar-refractivity contribution < 1.29 is 0 Å². The van der Waals surface area contributed by atoms with Crippen molar-refractivity contribution in [3.05, 3.63) is 39.9 Å². The molecular formula is C8H5ClN2O. The largest absolute Gasteiger partial charge is 0.321 e. The van der Waals surface area contributed by atoms with Gasteiger partial charge in [0.2, 0.25) is 5.56 Å². The van der Waals surface area contributed by atoms with Gasteiger partial charge in [0.05, 0.1) is 11.7 Å². The molecule has 0 saturated heterocycles. The molecule has 2 aromatic heterocycles. The molecule has 12 heavy (non-hydrogen) atoms. The van der Waals surface area contributed by atoms with E-state index < -0.39 is 0 Å². The van der Waals surface area contributed by atoms with Crippen molar-refractivity contribution in [2.45, 2.75) is 0 Å². The molecule has 2 rings (SSSR count). The summed E-state index contributed by atoms with van der Waals surface area (Å²) in [6.45, 7) is 0. The van der Waals surface area contributed by atoms with Crippen molar-refractivity contribution in [2.24, 2.45) is 0 Å². The predicted octanol–water partition coefficient (Wildman–Crippen LogP) is 1.58.